The molecule has 0 bridgehead atoms. The van der Waals surface area contributed by atoms with Crippen LogP contribution in [0.4, 0.5) is 0 Å². The SMILES string of the molecule is C=CCOc1ccc(C(=O)/C=C/c2cc(OCCCC)c(CC=C)c(OCCCC)c2)cc1. The molecular weight excluding hydrogens is 412 g/mol. The molecule has 0 fully saturated rings. The van der Waals surface area contributed by atoms with Gasteiger partial charge in [-0.05, 0) is 67.3 Å². The van der Waals surface area contributed by atoms with E-state index in [2.05, 4.69) is 27.0 Å². The van der Waals surface area contributed by atoms with Gasteiger partial charge in [-0.1, -0.05) is 51.5 Å². The van der Waals surface area contributed by atoms with E-state index in [4.69, 9.17) is 14.2 Å². The molecule has 0 aliphatic heterocycles. The van der Waals surface area contributed by atoms with E-state index in [1.54, 1.807) is 36.4 Å². The normalized spacial score (nSPS) is 10.7. The first-order valence-corrected chi connectivity index (χ1v) is 11.7. The molecule has 0 unspecified atom stereocenters. The first-order valence-electron chi connectivity index (χ1n) is 11.7. The lowest BCUT2D eigenvalue weighted by Gasteiger charge is -2.17. The van der Waals surface area contributed by atoms with Crippen LogP contribution in [-0.2, 0) is 6.42 Å². The van der Waals surface area contributed by atoms with Gasteiger partial charge in [0.25, 0.3) is 0 Å². The maximum Gasteiger partial charge on any atom is 0.185 e. The number of carbonyl (C=O) groups excluding carboxylic acids is 1. The summed E-state index contributed by atoms with van der Waals surface area (Å²) in [5.74, 6) is 2.19. The van der Waals surface area contributed by atoms with E-state index in [1.807, 2.05) is 24.3 Å². The Morgan fingerprint density at radius 3 is 2.00 bits per heavy atom. The number of allylic oxidation sites excluding steroid dienone is 2. The van der Waals surface area contributed by atoms with Crippen LogP contribution in [-0.4, -0.2) is 25.6 Å². The van der Waals surface area contributed by atoms with E-state index >= 15 is 0 Å². The van der Waals surface area contributed by atoms with Gasteiger partial charge >= 0.3 is 0 Å². The Morgan fingerprint density at radius 1 is 0.879 bits per heavy atom. The molecule has 0 saturated heterocycles. The lowest BCUT2D eigenvalue weighted by Crippen LogP contribution is -2.05. The molecule has 176 valence electrons. The zero-order chi connectivity index (χ0) is 23.9. The molecule has 2 rings (SSSR count). The van der Waals surface area contributed by atoms with Crippen molar-refractivity contribution in [3.8, 4) is 17.2 Å². The molecule has 2 aromatic carbocycles. The van der Waals surface area contributed by atoms with Gasteiger partial charge < -0.3 is 14.2 Å². The minimum Gasteiger partial charge on any atom is -0.493 e. The molecule has 0 aromatic heterocycles. The second-order valence-corrected chi connectivity index (χ2v) is 7.71. The molecule has 0 saturated carbocycles. The molecule has 0 spiro atoms. The van der Waals surface area contributed by atoms with Crippen molar-refractivity contribution in [2.45, 2.75) is 46.0 Å². The Morgan fingerprint density at radius 2 is 1.48 bits per heavy atom. The summed E-state index contributed by atoms with van der Waals surface area (Å²) in [5, 5.41) is 0. The maximum absolute atomic E-state index is 12.7. The number of ketones is 1. The van der Waals surface area contributed by atoms with Crippen molar-refractivity contribution in [2.24, 2.45) is 0 Å². The minimum absolute atomic E-state index is 0.0812. The Labute approximate surface area is 198 Å². The summed E-state index contributed by atoms with van der Waals surface area (Å²) in [4.78, 5) is 12.7. The smallest absolute Gasteiger partial charge is 0.185 e. The number of benzene rings is 2. The first-order chi connectivity index (χ1) is 16.1. The number of carbonyl (C=O) groups is 1. The molecule has 0 aliphatic rings. The third-order valence-electron chi connectivity index (χ3n) is 4.98. The van der Waals surface area contributed by atoms with Gasteiger partial charge in [-0.3, -0.25) is 4.79 Å². The Hall–Kier alpha value is -3.27. The van der Waals surface area contributed by atoms with E-state index < -0.39 is 0 Å². The largest absolute Gasteiger partial charge is 0.493 e. The van der Waals surface area contributed by atoms with Crippen molar-refractivity contribution in [3.63, 3.8) is 0 Å². The van der Waals surface area contributed by atoms with Crippen molar-refractivity contribution >= 4 is 11.9 Å². The lowest BCUT2D eigenvalue weighted by molar-refractivity contribution is 0.104. The Bertz CT molecular complexity index is 894. The predicted molar refractivity (Wildman–Crippen MR) is 137 cm³/mol. The van der Waals surface area contributed by atoms with Crippen LogP contribution in [0.15, 0.2) is 67.8 Å². The highest BCUT2D eigenvalue weighted by molar-refractivity contribution is 6.06. The van der Waals surface area contributed by atoms with E-state index in [0.717, 1.165) is 48.3 Å². The highest BCUT2D eigenvalue weighted by Gasteiger charge is 2.13. The van der Waals surface area contributed by atoms with Crippen molar-refractivity contribution < 1.29 is 19.0 Å². The first kappa shape index (κ1) is 26.0. The standard InChI is InChI=1S/C29H36O4/c1-5-9-19-32-28-21-23(22-29(26(28)11-7-3)33-20-10-6-2)12-17-27(30)24-13-15-25(16-14-24)31-18-8-4/h7-8,12-17,21-22H,3-6,9-11,18-20H2,1-2H3/b17-12+. The molecule has 33 heavy (non-hydrogen) atoms. The number of ether oxygens (including phenoxy) is 3. The number of hydrogen-bond acceptors (Lipinski definition) is 4. The monoisotopic (exact) mass is 448 g/mol. The Balaban J connectivity index is 2.26. The molecule has 0 amide bonds. The second kappa shape index (κ2) is 14.7. The molecule has 0 atom stereocenters. The second-order valence-electron chi connectivity index (χ2n) is 7.71. The average Bonchev–Trinajstić information content (AvgIpc) is 2.83. The van der Waals surface area contributed by atoms with Gasteiger partial charge in [0.1, 0.15) is 23.9 Å². The molecule has 4 nitrogen and oxygen atoms in total. The van der Waals surface area contributed by atoms with Crippen LogP contribution in [0, 0.1) is 0 Å². The molecule has 0 N–H and O–H groups in total. The summed E-state index contributed by atoms with van der Waals surface area (Å²) in [6.07, 6.45) is 11.7. The summed E-state index contributed by atoms with van der Waals surface area (Å²) in [6.45, 7) is 13.5. The van der Waals surface area contributed by atoms with Gasteiger partial charge in [0.15, 0.2) is 5.78 Å². The fraction of sp³-hybridized carbons (Fsp3) is 0.345. The molecular formula is C29H36O4. The molecule has 0 heterocycles. The van der Waals surface area contributed by atoms with Gasteiger partial charge in [-0.15, -0.1) is 6.58 Å². The van der Waals surface area contributed by atoms with Gasteiger partial charge in [-0.2, -0.15) is 0 Å². The molecule has 0 radical (unpaired) electrons. The van der Waals surface area contributed by atoms with Crippen LogP contribution in [0.2, 0.25) is 0 Å². The lowest BCUT2D eigenvalue weighted by atomic mass is 10.0. The number of unbranched alkanes of at least 4 members (excludes halogenated alkanes) is 2. The van der Waals surface area contributed by atoms with E-state index in [-0.39, 0.29) is 5.78 Å². The van der Waals surface area contributed by atoms with Crippen LogP contribution in [0.3, 0.4) is 0 Å². The van der Waals surface area contributed by atoms with Crippen LogP contribution in [0.5, 0.6) is 17.2 Å². The molecule has 0 aliphatic carbocycles. The van der Waals surface area contributed by atoms with Crippen LogP contribution >= 0.6 is 0 Å². The van der Waals surface area contributed by atoms with E-state index in [9.17, 15) is 4.79 Å². The third-order valence-corrected chi connectivity index (χ3v) is 4.98. The van der Waals surface area contributed by atoms with Crippen molar-refractivity contribution in [3.05, 3.63) is 84.5 Å². The quantitative estimate of drug-likeness (QED) is 0.118. The van der Waals surface area contributed by atoms with Gasteiger partial charge in [0, 0.05) is 11.1 Å². The predicted octanol–water partition coefficient (Wildman–Crippen LogP) is 7.23. The van der Waals surface area contributed by atoms with Gasteiger partial charge in [0.2, 0.25) is 0 Å². The topological polar surface area (TPSA) is 44.8 Å². The number of rotatable bonds is 16. The fourth-order valence-electron chi connectivity index (χ4n) is 3.13. The highest BCUT2D eigenvalue weighted by Crippen LogP contribution is 2.33. The summed E-state index contributed by atoms with van der Waals surface area (Å²) in [5.41, 5.74) is 2.45. The van der Waals surface area contributed by atoms with Crippen molar-refractivity contribution in [1.29, 1.82) is 0 Å². The zero-order valence-corrected chi connectivity index (χ0v) is 20.0. The fourth-order valence-corrected chi connectivity index (χ4v) is 3.13. The van der Waals surface area contributed by atoms with Crippen molar-refractivity contribution in [2.75, 3.05) is 19.8 Å². The third kappa shape index (κ3) is 8.64. The highest BCUT2D eigenvalue weighted by atomic mass is 16.5. The van der Waals surface area contributed by atoms with Gasteiger partial charge in [-0.25, -0.2) is 0 Å². The summed E-state index contributed by atoms with van der Waals surface area (Å²) in [7, 11) is 0. The van der Waals surface area contributed by atoms with E-state index in [1.165, 1.54) is 0 Å². The number of hydrogen-bond donors (Lipinski definition) is 0. The van der Waals surface area contributed by atoms with E-state index in [0.29, 0.717) is 37.6 Å². The zero-order valence-electron chi connectivity index (χ0n) is 20.0. The van der Waals surface area contributed by atoms with Crippen LogP contribution in [0.1, 0.15) is 61.0 Å². The Kier molecular flexibility index (Phi) is 11.6. The molecule has 2 aromatic rings. The average molecular weight is 449 g/mol. The maximum atomic E-state index is 12.7. The summed E-state index contributed by atoms with van der Waals surface area (Å²) in [6, 6.07) is 11.0. The van der Waals surface area contributed by atoms with Crippen LogP contribution < -0.4 is 14.2 Å². The van der Waals surface area contributed by atoms with Crippen molar-refractivity contribution in [1.82, 2.24) is 0 Å². The van der Waals surface area contributed by atoms with Crippen LogP contribution in [0.25, 0.3) is 6.08 Å². The van der Waals surface area contributed by atoms with Gasteiger partial charge in [0.05, 0.1) is 13.2 Å². The summed E-state index contributed by atoms with van der Waals surface area (Å²) >= 11 is 0. The summed E-state index contributed by atoms with van der Waals surface area (Å²) < 4.78 is 17.6. The minimum atomic E-state index is -0.0812. The molecule has 4 heteroatoms.